The molecule has 0 nitrogen and oxygen atoms in total. The zero-order chi connectivity index (χ0) is 15.0. The highest BCUT2D eigenvalue weighted by molar-refractivity contribution is 4.79. The highest BCUT2D eigenvalue weighted by Gasteiger charge is 2.12. The minimum absolute atomic E-state index is 0.978. The fraction of sp³-hybridized carbons (Fsp3) is 0.952. The monoisotopic (exact) mass is 293 g/mol. The maximum absolute atomic E-state index is 2.65. The third kappa shape index (κ3) is 12.2. The summed E-state index contributed by atoms with van der Waals surface area (Å²) in [5, 5.41) is 0. The van der Waals surface area contributed by atoms with Crippen molar-refractivity contribution in [1.29, 1.82) is 0 Å². The Bertz CT molecular complexity index is 190. The Morgan fingerprint density at radius 3 is 1.62 bits per heavy atom. The molecule has 0 spiro atoms. The Balaban J connectivity index is 1.69. The van der Waals surface area contributed by atoms with E-state index in [-0.39, 0.29) is 0 Å². The Kier molecular flexibility index (Phi) is 13.5. The van der Waals surface area contributed by atoms with E-state index in [0.29, 0.717) is 0 Å². The molecule has 0 atom stereocenters. The summed E-state index contributed by atoms with van der Waals surface area (Å²) in [5.41, 5.74) is 0. The van der Waals surface area contributed by atoms with Crippen molar-refractivity contribution in [3.8, 4) is 0 Å². The predicted octanol–water partition coefficient (Wildman–Crippen LogP) is 7.86. The van der Waals surface area contributed by atoms with E-state index in [9.17, 15) is 0 Å². The summed E-state index contributed by atoms with van der Waals surface area (Å²) in [5.74, 6) is 0.978. The molecule has 0 aromatic heterocycles. The van der Waals surface area contributed by atoms with Crippen LogP contribution < -0.4 is 0 Å². The summed E-state index contributed by atoms with van der Waals surface area (Å²) >= 11 is 0. The lowest BCUT2D eigenvalue weighted by Gasteiger charge is -2.20. The molecule has 1 radical (unpaired) electrons. The molecule has 1 aliphatic carbocycles. The molecular formula is C21H41. The predicted molar refractivity (Wildman–Crippen MR) is 96.6 cm³/mol. The Hall–Kier alpha value is 0. The minimum Gasteiger partial charge on any atom is -0.0654 e. The molecule has 0 N–H and O–H groups in total. The van der Waals surface area contributed by atoms with Crippen molar-refractivity contribution in [2.75, 3.05) is 0 Å². The molecule has 0 aliphatic heterocycles. The molecule has 0 unspecified atom stereocenters. The molecule has 0 heterocycles. The molecule has 1 fully saturated rings. The van der Waals surface area contributed by atoms with Crippen LogP contribution in [0.25, 0.3) is 0 Å². The van der Waals surface area contributed by atoms with Gasteiger partial charge in [-0.25, -0.2) is 0 Å². The topological polar surface area (TPSA) is 0 Å². The third-order valence-electron chi connectivity index (χ3n) is 5.21. The second-order valence-electron chi connectivity index (χ2n) is 7.31. The number of unbranched alkanes of at least 4 members (excludes halogenated alkanes) is 12. The first-order chi connectivity index (χ1) is 10.4. The zero-order valence-electron chi connectivity index (χ0n) is 14.9. The maximum atomic E-state index is 2.65. The zero-order valence-corrected chi connectivity index (χ0v) is 14.9. The average Bonchev–Trinajstić information content (AvgIpc) is 2.53. The van der Waals surface area contributed by atoms with Crippen molar-refractivity contribution in [3.05, 3.63) is 6.42 Å². The van der Waals surface area contributed by atoms with Gasteiger partial charge in [-0.05, 0) is 18.8 Å². The lowest BCUT2D eigenvalue weighted by molar-refractivity contribution is 0.387. The van der Waals surface area contributed by atoms with Crippen LogP contribution in [0.4, 0.5) is 0 Å². The normalized spacial score (nSPS) is 16.4. The molecule has 125 valence electrons. The van der Waals surface area contributed by atoms with Crippen LogP contribution >= 0.6 is 0 Å². The lowest BCUT2D eigenvalue weighted by Crippen LogP contribution is -2.06. The SMILES string of the molecule is CCCCCCCCCCCCCC[CH]C1CCCCC1. The second-order valence-corrected chi connectivity index (χ2v) is 7.31. The molecule has 0 aromatic carbocycles. The summed E-state index contributed by atoms with van der Waals surface area (Å²) in [7, 11) is 0. The van der Waals surface area contributed by atoms with Crippen molar-refractivity contribution in [2.45, 2.75) is 122 Å². The Labute approximate surface area is 135 Å². The highest BCUT2D eigenvalue weighted by atomic mass is 14.2. The smallest absolute Gasteiger partial charge is 0.0355 e. The second kappa shape index (κ2) is 14.9. The van der Waals surface area contributed by atoms with Crippen molar-refractivity contribution >= 4 is 0 Å². The van der Waals surface area contributed by atoms with Crippen molar-refractivity contribution in [3.63, 3.8) is 0 Å². The van der Waals surface area contributed by atoms with Crippen LogP contribution in [-0.2, 0) is 0 Å². The van der Waals surface area contributed by atoms with Gasteiger partial charge in [0.05, 0.1) is 0 Å². The van der Waals surface area contributed by atoms with E-state index in [1.165, 1.54) is 116 Å². The van der Waals surface area contributed by atoms with Gasteiger partial charge >= 0.3 is 0 Å². The van der Waals surface area contributed by atoms with Crippen LogP contribution in [0.3, 0.4) is 0 Å². The fourth-order valence-corrected chi connectivity index (χ4v) is 3.71. The van der Waals surface area contributed by atoms with Gasteiger partial charge < -0.3 is 0 Å². The molecular weight excluding hydrogens is 252 g/mol. The molecule has 0 bridgehead atoms. The van der Waals surface area contributed by atoms with E-state index in [4.69, 9.17) is 0 Å². The van der Waals surface area contributed by atoms with E-state index >= 15 is 0 Å². The maximum Gasteiger partial charge on any atom is -0.0355 e. The molecule has 0 saturated heterocycles. The van der Waals surface area contributed by atoms with Gasteiger partial charge in [-0.3, -0.25) is 0 Å². The lowest BCUT2D eigenvalue weighted by atomic mass is 9.85. The largest absolute Gasteiger partial charge is 0.0654 e. The molecule has 21 heavy (non-hydrogen) atoms. The van der Waals surface area contributed by atoms with Crippen molar-refractivity contribution in [1.82, 2.24) is 0 Å². The Morgan fingerprint density at radius 1 is 0.619 bits per heavy atom. The first-order valence-electron chi connectivity index (χ1n) is 10.3. The van der Waals surface area contributed by atoms with Crippen LogP contribution in [0.15, 0.2) is 0 Å². The van der Waals surface area contributed by atoms with Crippen LogP contribution in [0.5, 0.6) is 0 Å². The average molecular weight is 294 g/mol. The fourth-order valence-electron chi connectivity index (χ4n) is 3.71. The van der Waals surface area contributed by atoms with Gasteiger partial charge in [-0.2, -0.15) is 0 Å². The van der Waals surface area contributed by atoms with Crippen LogP contribution in [0, 0.1) is 12.3 Å². The van der Waals surface area contributed by atoms with E-state index in [1.807, 2.05) is 0 Å². The summed E-state index contributed by atoms with van der Waals surface area (Å²) in [6.07, 6.45) is 29.1. The highest BCUT2D eigenvalue weighted by Crippen LogP contribution is 2.27. The Morgan fingerprint density at radius 2 is 1.10 bits per heavy atom. The van der Waals surface area contributed by atoms with Gasteiger partial charge in [0.25, 0.3) is 0 Å². The quantitative estimate of drug-likeness (QED) is 0.286. The number of rotatable bonds is 14. The van der Waals surface area contributed by atoms with Gasteiger partial charge in [0.1, 0.15) is 0 Å². The summed E-state index contributed by atoms with van der Waals surface area (Å²) in [4.78, 5) is 0. The van der Waals surface area contributed by atoms with E-state index in [0.717, 1.165) is 5.92 Å². The minimum atomic E-state index is 0.978. The first kappa shape index (κ1) is 19.0. The molecule has 1 rings (SSSR count). The molecule has 0 heteroatoms. The summed E-state index contributed by atoms with van der Waals surface area (Å²) < 4.78 is 0. The van der Waals surface area contributed by atoms with Crippen molar-refractivity contribution in [2.24, 2.45) is 5.92 Å². The molecule has 0 amide bonds. The summed E-state index contributed by atoms with van der Waals surface area (Å²) in [6.45, 7) is 2.30. The molecule has 0 aromatic rings. The van der Waals surface area contributed by atoms with Gasteiger partial charge in [0, 0.05) is 0 Å². The molecule has 1 saturated carbocycles. The van der Waals surface area contributed by atoms with Gasteiger partial charge in [0.15, 0.2) is 0 Å². The van der Waals surface area contributed by atoms with E-state index in [2.05, 4.69) is 13.3 Å². The van der Waals surface area contributed by atoms with Crippen molar-refractivity contribution < 1.29 is 0 Å². The number of hydrogen-bond donors (Lipinski definition) is 0. The van der Waals surface area contributed by atoms with Gasteiger partial charge in [-0.1, -0.05) is 116 Å². The van der Waals surface area contributed by atoms with Crippen LogP contribution in [0.2, 0.25) is 0 Å². The van der Waals surface area contributed by atoms with Crippen LogP contribution in [0.1, 0.15) is 122 Å². The standard InChI is InChI=1S/C21H41/c1-2-3-4-5-6-7-8-9-10-11-12-13-15-18-21-19-16-14-17-20-21/h18,21H,2-17,19-20H2,1H3. The number of hydrogen-bond acceptors (Lipinski definition) is 0. The van der Waals surface area contributed by atoms with Crippen LogP contribution in [-0.4, -0.2) is 0 Å². The van der Waals surface area contributed by atoms with E-state index < -0.39 is 0 Å². The third-order valence-corrected chi connectivity index (χ3v) is 5.21. The van der Waals surface area contributed by atoms with E-state index in [1.54, 1.807) is 0 Å². The van der Waals surface area contributed by atoms with Gasteiger partial charge in [0.2, 0.25) is 0 Å². The van der Waals surface area contributed by atoms with Gasteiger partial charge in [-0.15, -0.1) is 0 Å². The first-order valence-corrected chi connectivity index (χ1v) is 10.3. The molecule has 1 aliphatic rings. The summed E-state index contributed by atoms with van der Waals surface area (Å²) in [6, 6.07) is 0.